The predicted octanol–water partition coefficient (Wildman–Crippen LogP) is 1.85. The lowest BCUT2D eigenvalue weighted by Gasteiger charge is -2.08. The van der Waals surface area contributed by atoms with Gasteiger partial charge in [-0.15, -0.1) is 0 Å². The van der Waals surface area contributed by atoms with Crippen LogP contribution >= 0.6 is 0 Å². The Hall–Kier alpha value is -3.21. The molecule has 3 rings (SSSR count). The summed E-state index contributed by atoms with van der Waals surface area (Å²) >= 11 is 0. The molecule has 0 aliphatic heterocycles. The number of aromatic carboxylic acids is 1. The van der Waals surface area contributed by atoms with E-state index < -0.39 is 11.9 Å². The number of carbonyl (C=O) groups is 2. The second-order valence-corrected chi connectivity index (χ2v) is 4.71. The average Bonchev–Trinajstić information content (AvgIpc) is 2.54. The molecule has 108 valence electrons. The topological polar surface area (TPSA) is 82.1 Å². The molecule has 0 bridgehead atoms. The van der Waals surface area contributed by atoms with Crippen molar-refractivity contribution in [2.45, 2.75) is 0 Å². The maximum absolute atomic E-state index is 12.2. The normalized spacial score (nSPS) is 10.4. The molecule has 0 aliphatic carbocycles. The van der Waals surface area contributed by atoms with E-state index in [2.05, 4.69) is 10.3 Å². The Morgan fingerprint density at radius 2 is 1.77 bits per heavy atom. The Labute approximate surface area is 126 Å². The van der Waals surface area contributed by atoms with Gasteiger partial charge in [-0.2, -0.15) is 0 Å². The Balaban J connectivity index is 1.86. The molecular weight excluding hydrogens is 280 g/mol. The summed E-state index contributed by atoms with van der Waals surface area (Å²) in [4.78, 5) is 27.3. The third kappa shape index (κ3) is 2.78. The molecule has 0 saturated heterocycles. The minimum Gasteiger partial charge on any atom is -0.545 e. The summed E-state index contributed by atoms with van der Waals surface area (Å²) in [5, 5.41) is 14.4. The van der Waals surface area contributed by atoms with Gasteiger partial charge in [-0.3, -0.25) is 4.79 Å². The molecular formula is C17H11N2O3-. The van der Waals surface area contributed by atoms with E-state index in [-0.39, 0.29) is 11.3 Å². The standard InChI is InChI=1S/C17H12N2O3/c20-16(18-13-6-3-5-12(10-13)17(21)22)15-9-8-11-4-1-2-7-14(11)19-15/h1-10H,(H,18,20)(H,21,22)/p-1. The Morgan fingerprint density at radius 1 is 0.955 bits per heavy atom. The van der Waals surface area contributed by atoms with Gasteiger partial charge in [-0.25, -0.2) is 4.98 Å². The molecule has 22 heavy (non-hydrogen) atoms. The van der Waals surface area contributed by atoms with Gasteiger partial charge in [-0.05, 0) is 29.8 Å². The van der Waals surface area contributed by atoms with Gasteiger partial charge in [0.05, 0.1) is 11.5 Å². The second kappa shape index (κ2) is 5.65. The lowest BCUT2D eigenvalue weighted by molar-refractivity contribution is -0.255. The van der Waals surface area contributed by atoms with Crippen molar-refractivity contribution in [1.82, 2.24) is 4.98 Å². The highest BCUT2D eigenvalue weighted by atomic mass is 16.4. The quantitative estimate of drug-likeness (QED) is 0.798. The largest absolute Gasteiger partial charge is 0.545 e. The fourth-order valence-electron chi connectivity index (χ4n) is 2.11. The monoisotopic (exact) mass is 291 g/mol. The zero-order valence-corrected chi connectivity index (χ0v) is 11.4. The average molecular weight is 291 g/mol. The van der Waals surface area contributed by atoms with Crippen molar-refractivity contribution >= 4 is 28.5 Å². The van der Waals surface area contributed by atoms with Gasteiger partial charge in [-0.1, -0.05) is 36.4 Å². The summed E-state index contributed by atoms with van der Waals surface area (Å²) in [7, 11) is 0. The predicted molar refractivity (Wildman–Crippen MR) is 80.5 cm³/mol. The van der Waals surface area contributed by atoms with Gasteiger partial charge >= 0.3 is 0 Å². The molecule has 2 aromatic carbocycles. The molecule has 0 fully saturated rings. The lowest BCUT2D eigenvalue weighted by atomic mass is 10.2. The number of nitrogens with one attached hydrogen (secondary N) is 1. The molecule has 0 radical (unpaired) electrons. The van der Waals surface area contributed by atoms with Crippen LogP contribution in [0.5, 0.6) is 0 Å². The van der Waals surface area contributed by atoms with Crippen LogP contribution in [0.2, 0.25) is 0 Å². The molecule has 0 atom stereocenters. The van der Waals surface area contributed by atoms with Crippen LogP contribution in [0.3, 0.4) is 0 Å². The fraction of sp³-hybridized carbons (Fsp3) is 0. The molecule has 0 saturated carbocycles. The van der Waals surface area contributed by atoms with Gasteiger partial charge in [0.15, 0.2) is 0 Å². The van der Waals surface area contributed by atoms with Crippen molar-refractivity contribution < 1.29 is 14.7 Å². The van der Waals surface area contributed by atoms with Gasteiger partial charge in [0, 0.05) is 11.1 Å². The van der Waals surface area contributed by atoms with Crippen molar-refractivity contribution in [3.8, 4) is 0 Å². The van der Waals surface area contributed by atoms with Gasteiger partial charge < -0.3 is 15.2 Å². The minimum atomic E-state index is -1.29. The first-order chi connectivity index (χ1) is 10.6. The van der Waals surface area contributed by atoms with E-state index in [9.17, 15) is 14.7 Å². The third-order valence-electron chi connectivity index (χ3n) is 3.19. The number of carboxylic acids is 1. The summed E-state index contributed by atoms with van der Waals surface area (Å²) in [5.41, 5.74) is 1.36. The van der Waals surface area contributed by atoms with Crippen LogP contribution in [0.4, 0.5) is 5.69 Å². The number of rotatable bonds is 3. The van der Waals surface area contributed by atoms with Crippen LogP contribution in [0.15, 0.2) is 60.7 Å². The first kappa shape index (κ1) is 13.8. The highest BCUT2D eigenvalue weighted by molar-refractivity contribution is 6.04. The summed E-state index contributed by atoms with van der Waals surface area (Å²) in [5.74, 6) is -1.69. The van der Waals surface area contributed by atoms with Crippen LogP contribution in [0.1, 0.15) is 20.8 Å². The van der Waals surface area contributed by atoms with Crippen LogP contribution in [0.25, 0.3) is 10.9 Å². The smallest absolute Gasteiger partial charge is 0.274 e. The van der Waals surface area contributed by atoms with E-state index in [0.717, 1.165) is 10.9 Å². The van der Waals surface area contributed by atoms with E-state index in [4.69, 9.17) is 0 Å². The maximum Gasteiger partial charge on any atom is 0.274 e. The van der Waals surface area contributed by atoms with E-state index >= 15 is 0 Å². The van der Waals surface area contributed by atoms with E-state index in [1.54, 1.807) is 12.1 Å². The number of anilines is 1. The molecule has 1 amide bonds. The first-order valence-electron chi connectivity index (χ1n) is 6.62. The van der Waals surface area contributed by atoms with Crippen LogP contribution < -0.4 is 10.4 Å². The molecule has 3 aromatic rings. The van der Waals surface area contributed by atoms with Crippen LogP contribution in [-0.2, 0) is 0 Å². The second-order valence-electron chi connectivity index (χ2n) is 4.71. The van der Waals surface area contributed by atoms with Crippen molar-refractivity contribution in [2.24, 2.45) is 0 Å². The summed E-state index contributed by atoms with van der Waals surface area (Å²) in [6.45, 7) is 0. The maximum atomic E-state index is 12.2. The molecule has 5 nitrogen and oxygen atoms in total. The number of carbonyl (C=O) groups excluding carboxylic acids is 2. The Bertz CT molecular complexity index is 874. The number of carboxylic acid groups (broad SMARTS) is 1. The van der Waals surface area contributed by atoms with Crippen LogP contribution in [0, 0.1) is 0 Å². The SMILES string of the molecule is O=C([O-])c1cccc(NC(=O)c2ccc3ccccc3n2)c1. The Kier molecular flexibility index (Phi) is 3.53. The van der Waals surface area contributed by atoms with Crippen molar-refractivity contribution in [3.05, 3.63) is 71.9 Å². The van der Waals surface area contributed by atoms with Crippen molar-refractivity contribution in [2.75, 3.05) is 5.32 Å². The van der Waals surface area contributed by atoms with Crippen molar-refractivity contribution in [1.29, 1.82) is 0 Å². The number of hydrogen-bond acceptors (Lipinski definition) is 4. The van der Waals surface area contributed by atoms with E-state index in [0.29, 0.717) is 5.69 Å². The first-order valence-corrected chi connectivity index (χ1v) is 6.62. The number of pyridine rings is 1. The van der Waals surface area contributed by atoms with Crippen LogP contribution in [-0.4, -0.2) is 16.9 Å². The Morgan fingerprint density at radius 3 is 2.59 bits per heavy atom. The molecule has 5 heteroatoms. The molecule has 1 heterocycles. The minimum absolute atomic E-state index is 0.00395. The third-order valence-corrected chi connectivity index (χ3v) is 3.19. The van der Waals surface area contributed by atoms with E-state index in [1.807, 2.05) is 30.3 Å². The molecule has 1 aromatic heterocycles. The number of nitrogens with zero attached hydrogens (tertiary/aromatic N) is 1. The lowest BCUT2D eigenvalue weighted by Crippen LogP contribution is -2.22. The summed E-state index contributed by atoms with van der Waals surface area (Å²) in [6, 6.07) is 16.8. The van der Waals surface area contributed by atoms with Crippen molar-refractivity contribution in [3.63, 3.8) is 0 Å². The van der Waals surface area contributed by atoms with Gasteiger partial charge in [0.1, 0.15) is 5.69 Å². The number of fused-ring (bicyclic) bond motifs is 1. The number of hydrogen-bond donors (Lipinski definition) is 1. The summed E-state index contributed by atoms with van der Waals surface area (Å²) < 4.78 is 0. The number of aromatic nitrogens is 1. The molecule has 0 spiro atoms. The number of para-hydroxylation sites is 1. The molecule has 1 N–H and O–H groups in total. The number of amides is 1. The van der Waals surface area contributed by atoms with Gasteiger partial charge in [0.25, 0.3) is 5.91 Å². The van der Waals surface area contributed by atoms with E-state index in [1.165, 1.54) is 18.2 Å². The highest BCUT2D eigenvalue weighted by Crippen LogP contribution is 2.14. The highest BCUT2D eigenvalue weighted by Gasteiger charge is 2.09. The summed E-state index contributed by atoms with van der Waals surface area (Å²) in [6.07, 6.45) is 0. The molecule has 0 aliphatic rings. The number of benzene rings is 2. The molecule has 0 unspecified atom stereocenters. The fourth-order valence-corrected chi connectivity index (χ4v) is 2.11. The zero-order chi connectivity index (χ0) is 15.5. The zero-order valence-electron chi connectivity index (χ0n) is 11.4. The van der Waals surface area contributed by atoms with Gasteiger partial charge in [0.2, 0.25) is 0 Å².